The second kappa shape index (κ2) is 58.2. The largest absolute Gasteiger partial charge is 0.462 e. The fourth-order valence-electron chi connectivity index (χ4n) is 9.00. The van der Waals surface area contributed by atoms with Crippen molar-refractivity contribution in [3.63, 3.8) is 0 Å². The average molecular weight is 970 g/mol. The summed E-state index contributed by atoms with van der Waals surface area (Å²) in [5.74, 6) is -0.867. The van der Waals surface area contributed by atoms with Gasteiger partial charge >= 0.3 is 17.9 Å². The molecule has 0 aliphatic rings. The van der Waals surface area contributed by atoms with Crippen LogP contribution < -0.4 is 0 Å². The van der Waals surface area contributed by atoms with Gasteiger partial charge in [-0.3, -0.25) is 14.4 Å². The molecule has 0 fully saturated rings. The number of ether oxygens (including phenoxy) is 3. The highest BCUT2D eigenvalue weighted by atomic mass is 16.6. The molecular formula is C63H116O6. The van der Waals surface area contributed by atoms with Gasteiger partial charge in [0, 0.05) is 19.3 Å². The Morgan fingerprint density at radius 3 is 0.841 bits per heavy atom. The van der Waals surface area contributed by atoms with Gasteiger partial charge in [-0.15, -0.1) is 0 Å². The van der Waals surface area contributed by atoms with Gasteiger partial charge in [0.2, 0.25) is 0 Å². The lowest BCUT2D eigenvalue weighted by atomic mass is 10.0. The minimum Gasteiger partial charge on any atom is -0.462 e. The first kappa shape index (κ1) is 66.6. The molecule has 0 unspecified atom stereocenters. The number of carbonyl (C=O) groups excluding carboxylic acids is 3. The van der Waals surface area contributed by atoms with Crippen LogP contribution in [-0.4, -0.2) is 37.2 Å². The maximum Gasteiger partial charge on any atom is 0.306 e. The lowest BCUT2D eigenvalue weighted by Crippen LogP contribution is -2.30. The van der Waals surface area contributed by atoms with Gasteiger partial charge in [-0.05, 0) is 77.0 Å². The van der Waals surface area contributed by atoms with Crippen LogP contribution in [0.3, 0.4) is 0 Å². The molecule has 0 aromatic rings. The van der Waals surface area contributed by atoms with E-state index in [9.17, 15) is 14.4 Å². The van der Waals surface area contributed by atoms with Gasteiger partial charge in [-0.25, -0.2) is 0 Å². The van der Waals surface area contributed by atoms with Crippen molar-refractivity contribution in [2.75, 3.05) is 13.2 Å². The predicted octanol–water partition coefficient (Wildman–Crippen LogP) is 20.4. The minimum absolute atomic E-state index is 0.0728. The maximum absolute atomic E-state index is 12.9. The standard InChI is InChI=1S/C63H116O6/c1-4-7-10-13-16-19-22-25-28-29-30-31-32-33-36-39-42-45-48-51-54-57-63(66)69-60(58-67-61(64)55-52-49-46-43-40-37-34-26-23-20-17-14-11-8-5-2)59-68-62(65)56-53-50-47-44-41-38-35-27-24-21-18-15-12-9-6-3/h17,20,25-26,28,34,60H,4-16,18-19,21-24,27,29-33,35-59H2,1-3H3/b20-17-,28-25-,34-26-/t60-/m1/s1. The molecule has 0 bridgehead atoms. The smallest absolute Gasteiger partial charge is 0.306 e. The molecule has 0 aliphatic heterocycles. The molecule has 0 radical (unpaired) electrons. The van der Waals surface area contributed by atoms with Crippen molar-refractivity contribution in [2.45, 2.75) is 335 Å². The molecule has 0 N–H and O–H groups in total. The van der Waals surface area contributed by atoms with Crippen molar-refractivity contribution < 1.29 is 28.6 Å². The third-order valence-corrected chi connectivity index (χ3v) is 13.6. The Hall–Kier alpha value is -2.37. The topological polar surface area (TPSA) is 78.9 Å². The maximum atomic E-state index is 12.9. The zero-order valence-electron chi connectivity index (χ0n) is 46.3. The highest BCUT2D eigenvalue weighted by molar-refractivity contribution is 5.71. The van der Waals surface area contributed by atoms with Gasteiger partial charge in [0.05, 0.1) is 0 Å². The zero-order chi connectivity index (χ0) is 50.0. The molecule has 0 aromatic carbocycles. The number of unbranched alkanes of at least 4 members (excludes halogenated alkanes) is 39. The molecule has 69 heavy (non-hydrogen) atoms. The van der Waals surface area contributed by atoms with Crippen molar-refractivity contribution in [3.05, 3.63) is 36.5 Å². The van der Waals surface area contributed by atoms with Crippen LogP contribution in [0.1, 0.15) is 329 Å². The summed E-state index contributed by atoms with van der Waals surface area (Å²) in [6, 6.07) is 0. The van der Waals surface area contributed by atoms with E-state index < -0.39 is 6.10 Å². The summed E-state index contributed by atoms with van der Waals surface area (Å²) in [6.45, 7) is 6.65. The van der Waals surface area contributed by atoms with Gasteiger partial charge in [0.25, 0.3) is 0 Å². The fourth-order valence-corrected chi connectivity index (χ4v) is 9.00. The Kier molecular flexibility index (Phi) is 56.2. The number of hydrogen-bond donors (Lipinski definition) is 0. The summed E-state index contributed by atoms with van der Waals surface area (Å²) in [5, 5.41) is 0. The molecule has 0 rings (SSSR count). The Labute approximate surface area is 429 Å². The molecule has 404 valence electrons. The predicted molar refractivity (Wildman–Crippen MR) is 298 cm³/mol. The van der Waals surface area contributed by atoms with Crippen LogP contribution >= 0.6 is 0 Å². The first-order valence-electron chi connectivity index (χ1n) is 30.5. The van der Waals surface area contributed by atoms with E-state index in [1.54, 1.807) is 0 Å². The number of hydrogen-bond acceptors (Lipinski definition) is 6. The van der Waals surface area contributed by atoms with Crippen molar-refractivity contribution in [3.8, 4) is 0 Å². The lowest BCUT2D eigenvalue weighted by molar-refractivity contribution is -0.167. The fraction of sp³-hybridized carbons (Fsp3) is 0.857. The first-order valence-corrected chi connectivity index (χ1v) is 30.5. The van der Waals surface area contributed by atoms with Crippen LogP contribution in [0.2, 0.25) is 0 Å². The number of allylic oxidation sites excluding steroid dienone is 6. The van der Waals surface area contributed by atoms with E-state index in [1.165, 1.54) is 212 Å². The van der Waals surface area contributed by atoms with Gasteiger partial charge < -0.3 is 14.2 Å². The molecule has 0 aliphatic carbocycles. The second-order valence-corrected chi connectivity index (χ2v) is 20.6. The first-order chi connectivity index (χ1) is 34.0. The van der Waals surface area contributed by atoms with E-state index in [0.717, 1.165) is 77.0 Å². The van der Waals surface area contributed by atoms with E-state index >= 15 is 0 Å². The van der Waals surface area contributed by atoms with Crippen molar-refractivity contribution in [1.82, 2.24) is 0 Å². The van der Waals surface area contributed by atoms with Crippen LogP contribution in [0.5, 0.6) is 0 Å². The molecule has 0 spiro atoms. The van der Waals surface area contributed by atoms with E-state index in [-0.39, 0.29) is 31.1 Å². The van der Waals surface area contributed by atoms with Crippen LogP contribution in [0, 0.1) is 0 Å². The van der Waals surface area contributed by atoms with E-state index in [4.69, 9.17) is 14.2 Å². The normalized spacial score (nSPS) is 12.2. The summed E-state index contributed by atoms with van der Waals surface area (Å²) in [5.41, 5.74) is 0. The summed E-state index contributed by atoms with van der Waals surface area (Å²) < 4.78 is 16.9. The monoisotopic (exact) mass is 969 g/mol. The Bertz CT molecular complexity index is 1160. The van der Waals surface area contributed by atoms with Crippen molar-refractivity contribution >= 4 is 17.9 Å². The van der Waals surface area contributed by atoms with E-state index in [0.29, 0.717) is 19.3 Å². The van der Waals surface area contributed by atoms with E-state index in [2.05, 4.69) is 57.2 Å². The minimum atomic E-state index is -0.776. The van der Waals surface area contributed by atoms with Gasteiger partial charge in [-0.1, -0.05) is 269 Å². The lowest BCUT2D eigenvalue weighted by Gasteiger charge is -2.18. The number of esters is 3. The Morgan fingerprint density at radius 1 is 0.290 bits per heavy atom. The van der Waals surface area contributed by atoms with Crippen molar-refractivity contribution in [2.24, 2.45) is 0 Å². The highest BCUT2D eigenvalue weighted by Gasteiger charge is 2.19. The quantitative estimate of drug-likeness (QED) is 0.0261. The van der Waals surface area contributed by atoms with Gasteiger partial charge in [-0.2, -0.15) is 0 Å². The summed E-state index contributed by atoms with van der Waals surface area (Å²) in [7, 11) is 0. The Morgan fingerprint density at radius 2 is 0.522 bits per heavy atom. The average Bonchev–Trinajstić information content (AvgIpc) is 3.35. The van der Waals surface area contributed by atoms with Crippen LogP contribution in [-0.2, 0) is 28.6 Å². The molecule has 0 saturated heterocycles. The third kappa shape index (κ3) is 56.4. The van der Waals surface area contributed by atoms with Crippen LogP contribution in [0.25, 0.3) is 0 Å². The second-order valence-electron chi connectivity index (χ2n) is 20.6. The summed E-state index contributed by atoms with van der Waals surface area (Å²) in [4.78, 5) is 38.2. The zero-order valence-corrected chi connectivity index (χ0v) is 46.3. The summed E-state index contributed by atoms with van der Waals surface area (Å²) in [6.07, 6.45) is 69.9. The van der Waals surface area contributed by atoms with Crippen molar-refractivity contribution in [1.29, 1.82) is 0 Å². The molecule has 0 saturated carbocycles. The molecular weight excluding hydrogens is 853 g/mol. The molecule has 0 aromatic heterocycles. The third-order valence-electron chi connectivity index (χ3n) is 13.6. The number of rotatable bonds is 56. The van der Waals surface area contributed by atoms with E-state index in [1.807, 2.05) is 0 Å². The van der Waals surface area contributed by atoms with Crippen LogP contribution in [0.4, 0.5) is 0 Å². The molecule has 6 nitrogen and oxygen atoms in total. The Balaban J connectivity index is 4.33. The highest BCUT2D eigenvalue weighted by Crippen LogP contribution is 2.17. The van der Waals surface area contributed by atoms with Crippen LogP contribution in [0.15, 0.2) is 36.5 Å². The van der Waals surface area contributed by atoms with Gasteiger partial charge in [0.1, 0.15) is 13.2 Å². The molecule has 0 amide bonds. The summed E-state index contributed by atoms with van der Waals surface area (Å²) >= 11 is 0. The number of carbonyl (C=O) groups is 3. The molecule has 0 heterocycles. The molecule has 1 atom stereocenters. The van der Waals surface area contributed by atoms with Gasteiger partial charge in [0.15, 0.2) is 6.10 Å². The molecule has 6 heteroatoms. The SMILES string of the molecule is CCCCC/C=C\C/C=C\CCCCCCCC(=O)OC[C@H](COC(=O)CCCCCCCCCCCCCCCCC)OC(=O)CCCCCCCCCCCCC/C=C\CCCCCCCC.